The zero-order valence-electron chi connectivity index (χ0n) is 12.2. The maximum absolute atomic E-state index is 4.75. The molecule has 0 atom stereocenters. The van der Waals surface area contributed by atoms with Crippen molar-refractivity contribution in [3.63, 3.8) is 0 Å². The third kappa shape index (κ3) is 3.19. The fraction of sp³-hybridized carbons (Fsp3) is 0.812. The van der Waals surface area contributed by atoms with E-state index >= 15 is 0 Å². The van der Waals surface area contributed by atoms with Gasteiger partial charge < -0.3 is 5.32 Å². The summed E-state index contributed by atoms with van der Waals surface area (Å²) < 4.78 is 2.21. The minimum atomic E-state index is 0.561. The molecule has 19 heavy (non-hydrogen) atoms. The predicted molar refractivity (Wildman–Crippen MR) is 78.0 cm³/mol. The number of hydrogen-bond acceptors (Lipinski definition) is 2. The molecule has 0 aromatic carbocycles. The van der Waals surface area contributed by atoms with E-state index in [1.165, 1.54) is 57.1 Å². The molecule has 106 valence electrons. The van der Waals surface area contributed by atoms with Gasteiger partial charge in [0.15, 0.2) is 0 Å². The third-order valence-corrected chi connectivity index (χ3v) is 5.03. The molecule has 2 saturated carbocycles. The minimum Gasteiger partial charge on any atom is -0.311 e. The summed E-state index contributed by atoms with van der Waals surface area (Å²) in [5, 5.41) is 8.34. The molecule has 2 fully saturated rings. The minimum absolute atomic E-state index is 0.561. The fourth-order valence-corrected chi connectivity index (χ4v) is 3.47. The molecule has 0 spiro atoms. The zero-order chi connectivity index (χ0) is 13.1. The summed E-state index contributed by atoms with van der Waals surface area (Å²) in [6.45, 7) is 4.46. The van der Waals surface area contributed by atoms with Gasteiger partial charge in [-0.2, -0.15) is 5.10 Å². The van der Waals surface area contributed by atoms with E-state index in [0.717, 1.165) is 13.1 Å². The molecule has 1 N–H and O–H groups in total. The van der Waals surface area contributed by atoms with Gasteiger partial charge in [0, 0.05) is 19.3 Å². The third-order valence-electron chi connectivity index (χ3n) is 5.03. The molecule has 3 heteroatoms. The van der Waals surface area contributed by atoms with Gasteiger partial charge >= 0.3 is 0 Å². The van der Waals surface area contributed by atoms with Gasteiger partial charge in [-0.15, -0.1) is 0 Å². The van der Waals surface area contributed by atoms with Crippen molar-refractivity contribution in [2.24, 2.45) is 5.41 Å². The first-order valence-corrected chi connectivity index (χ1v) is 8.00. The van der Waals surface area contributed by atoms with E-state index in [1.807, 2.05) is 0 Å². The Morgan fingerprint density at radius 1 is 1.26 bits per heavy atom. The number of hydrogen-bond donors (Lipinski definition) is 1. The van der Waals surface area contributed by atoms with Gasteiger partial charge in [0.05, 0.1) is 11.7 Å². The Morgan fingerprint density at radius 3 is 2.74 bits per heavy atom. The van der Waals surface area contributed by atoms with Crippen molar-refractivity contribution in [1.82, 2.24) is 15.1 Å². The van der Waals surface area contributed by atoms with Gasteiger partial charge in [-0.05, 0) is 37.2 Å². The lowest BCUT2D eigenvalue weighted by atomic mass is 9.70. The van der Waals surface area contributed by atoms with E-state index in [4.69, 9.17) is 5.10 Å². The molecule has 0 unspecified atom stereocenters. The molecule has 0 aliphatic heterocycles. The van der Waals surface area contributed by atoms with Gasteiger partial charge in [-0.3, -0.25) is 4.68 Å². The van der Waals surface area contributed by atoms with Crippen LogP contribution in [0.15, 0.2) is 12.3 Å². The normalized spacial score (nSPS) is 23.2. The van der Waals surface area contributed by atoms with Crippen LogP contribution < -0.4 is 5.32 Å². The zero-order valence-corrected chi connectivity index (χ0v) is 12.2. The second-order valence-corrected chi connectivity index (χ2v) is 6.85. The summed E-state index contributed by atoms with van der Waals surface area (Å²) in [4.78, 5) is 0. The first-order valence-electron chi connectivity index (χ1n) is 8.00. The number of aromatic nitrogens is 2. The Bertz CT molecular complexity index is 400. The highest BCUT2D eigenvalue weighted by atomic mass is 15.3. The van der Waals surface area contributed by atoms with Crippen LogP contribution >= 0.6 is 0 Å². The van der Waals surface area contributed by atoms with Crippen LogP contribution in [0.4, 0.5) is 0 Å². The summed E-state index contributed by atoms with van der Waals surface area (Å²) >= 11 is 0. The van der Waals surface area contributed by atoms with E-state index in [1.54, 1.807) is 0 Å². The topological polar surface area (TPSA) is 29.9 Å². The average Bonchev–Trinajstić information content (AvgIpc) is 2.87. The van der Waals surface area contributed by atoms with Crippen molar-refractivity contribution in [3.8, 4) is 0 Å². The van der Waals surface area contributed by atoms with E-state index in [0.29, 0.717) is 11.5 Å². The van der Waals surface area contributed by atoms with Crippen LogP contribution in [0, 0.1) is 5.41 Å². The first kappa shape index (κ1) is 13.2. The van der Waals surface area contributed by atoms with Crippen molar-refractivity contribution in [3.05, 3.63) is 18.0 Å². The largest absolute Gasteiger partial charge is 0.311 e. The molecule has 0 radical (unpaired) electrons. The SMILES string of the molecule is CC1(CNCc2ccn(C3CCCCC3)n2)CCC1. The van der Waals surface area contributed by atoms with Gasteiger partial charge in [-0.1, -0.05) is 32.6 Å². The van der Waals surface area contributed by atoms with Crippen LogP contribution in [0.3, 0.4) is 0 Å². The molecule has 1 aromatic rings. The van der Waals surface area contributed by atoms with Crippen LogP contribution in [0.25, 0.3) is 0 Å². The first-order chi connectivity index (χ1) is 9.25. The van der Waals surface area contributed by atoms with Crippen molar-refractivity contribution in [2.45, 2.75) is 70.9 Å². The molecule has 2 aliphatic rings. The molecule has 1 heterocycles. The van der Waals surface area contributed by atoms with Crippen molar-refractivity contribution < 1.29 is 0 Å². The van der Waals surface area contributed by atoms with Crippen molar-refractivity contribution in [1.29, 1.82) is 0 Å². The summed E-state index contributed by atoms with van der Waals surface area (Å²) in [5.74, 6) is 0. The number of rotatable bonds is 5. The van der Waals surface area contributed by atoms with Gasteiger partial charge in [-0.25, -0.2) is 0 Å². The summed E-state index contributed by atoms with van der Waals surface area (Å²) in [7, 11) is 0. The van der Waals surface area contributed by atoms with E-state index in [2.05, 4.69) is 29.2 Å². The Morgan fingerprint density at radius 2 is 2.05 bits per heavy atom. The maximum Gasteiger partial charge on any atom is 0.0762 e. The number of nitrogens with one attached hydrogen (secondary N) is 1. The van der Waals surface area contributed by atoms with Gasteiger partial charge in [0.25, 0.3) is 0 Å². The molecule has 0 amide bonds. The standard InChI is InChI=1S/C16H27N3/c1-16(9-5-10-16)13-17-12-14-8-11-19(18-14)15-6-3-2-4-7-15/h8,11,15,17H,2-7,9-10,12-13H2,1H3. The van der Waals surface area contributed by atoms with Crippen molar-refractivity contribution >= 4 is 0 Å². The fourth-order valence-electron chi connectivity index (χ4n) is 3.47. The Labute approximate surface area is 116 Å². The lowest BCUT2D eigenvalue weighted by Gasteiger charge is -2.38. The molecule has 3 rings (SSSR count). The maximum atomic E-state index is 4.75. The second kappa shape index (κ2) is 5.66. The van der Waals surface area contributed by atoms with Crippen molar-refractivity contribution in [2.75, 3.05) is 6.54 Å². The van der Waals surface area contributed by atoms with Crippen LogP contribution in [0.1, 0.15) is 70.0 Å². The monoisotopic (exact) mass is 261 g/mol. The predicted octanol–water partition coefficient (Wildman–Crippen LogP) is 3.67. The van der Waals surface area contributed by atoms with Gasteiger partial charge in [0.1, 0.15) is 0 Å². The second-order valence-electron chi connectivity index (χ2n) is 6.85. The van der Waals surface area contributed by atoms with Gasteiger partial charge in [0.2, 0.25) is 0 Å². The van der Waals surface area contributed by atoms with Crippen LogP contribution in [-0.2, 0) is 6.54 Å². The van der Waals surface area contributed by atoms with Crippen LogP contribution in [0.5, 0.6) is 0 Å². The highest BCUT2D eigenvalue weighted by Crippen LogP contribution is 2.39. The van der Waals surface area contributed by atoms with E-state index < -0.39 is 0 Å². The summed E-state index contributed by atoms with van der Waals surface area (Å²) in [6, 6.07) is 2.84. The lowest BCUT2D eigenvalue weighted by Crippen LogP contribution is -2.37. The number of nitrogens with zero attached hydrogens (tertiary/aromatic N) is 2. The molecular weight excluding hydrogens is 234 g/mol. The quantitative estimate of drug-likeness (QED) is 0.876. The lowest BCUT2D eigenvalue weighted by molar-refractivity contribution is 0.156. The Hall–Kier alpha value is -0.830. The van der Waals surface area contributed by atoms with E-state index in [-0.39, 0.29) is 0 Å². The molecule has 3 nitrogen and oxygen atoms in total. The molecule has 2 aliphatic carbocycles. The summed E-state index contributed by atoms with van der Waals surface area (Å²) in [6.07, 6.45) is 13.1. The molecular formula is C16H27N3. The summed E-state index contributed by atoms with van der Waals surface area (Å²) in [5.41, 5.74) is 1.76. The highest BCUT2D eigenvalue weighted by molar-refractivity contribution is 5.00. The Balaban J connectivity index is 1.47. The van der Waals surface area contributed by atoms with Crippen LogP contribution in [0.2, 0.25) is 0 Å². The Kier molecular flexibility index (Phi) is 3.92. The average molecular weight is 261 g/mol. The molecule has 0 bridgehead atoms. The van der Waals surface area contributed by atoms with E-state index in [9.17, 15) is 0 Å². The van der Waals surface area contributed by atoms with Crippen LogP contribution in [-0.4, -0.2) is 16.3 Å². The molecule has 1 aromatic heterocycles. The smallest absolute Gasteiger partial charge is 0.0762 e. The molecule has 0 saturated heterocycles. The highest BCUT2D eigenvalue weighted by Gasteiger charge is 2.30.